The number of rotatable bonds is 2. The minimum Gasteiger partial charge on any atom is -0.478 e. The van der Waals surface area contributed by atoms with Gasteiger partial charge in [0.2, 0.25) is 0 Å². The van der Waals surface area contributed by atoms with Gasteiger partial charge < -0.3 is 15.3 Å². The molecule has 19 heavy (non-hydrogen) atoms. The maximum Gasteiger partial charge on any atom is 0.339 e. The summed E-state index contributed by atoms with van der Waals surface area (Å²) in [6.07, 6.45) is 3.11. The second-order valence-electron chi connectivity index (χ2n) is 4.57. The number of carboxylic acid groups (broad SMARTS) is 1. The Kier molecular flexibility index (Phi) is 2.83. The van der Waals surface area contributed by atoms with Crippen LogP contribution in [0.3, 0.4) is 0 Å². The molecule has 2 N–H and O–H groups in total. The Bertz CT molecular complexity index is 630. The fourth-order valence-corrected chi connectivity index (χ4v) is 2.47. The van der Waals surface area contributed by atoms with E-state index in [4.69, 9.17) is 0 Å². The Labute approximate surface area is 109 Å². The number of anilines is 1. The van der Waals surface area contributed by atoms with E-state index in [1.807, 2.05) is 0 Å². The highest BCUT2D eigenvalue weighted by Gasteiger charge is 2.22. The quantitative estimate of drug-likeness (QED) is 0.796. The maximum atomic E-state index is 11.4. The predicted molar refractivity (Wildman–Crippen MR) is 70.6 cm³/mol. The van der Waals surface area contributed by atoms with Gasteiger partial charge in [-0.1, -0.05) is 0 Å². The van der Waals surface area contributed by atoms with Gasteiger partial charge in [-0.15, -0.1) is 0 Å². The number of nitrogens with one attached hydrogen (secondary N) is 1. The summed E-state index contributed by atoms with van der Waals surface area (Å²) in [5, 5.41) is 17.6. The number of nitrogens with zero attached hydrogens (tertiary/aromatic N) is 4. The van der Waals surface area contributed by atoms with Crippen molar-refractivity contribution in [3.63, 3.8) is 0 Å². The lowest BCUT2D eigenvalue weighted by Crippen LogP contribution is -2.44. The van der Waals surface area contributed by atoms with Crippen LogP contribution < -0.4 is 10.2 Å². The van der Waals surface area contributed by atoms with Gasteiger partial charge in [0.15, 0.2) is 5.65 Å². The van der Waals surface area contributed by atoms with Crippen LogP contribution >= 0.6 is 0 Å². The summed E-state index contributed by atoms with van der Waals surface area (Å²) >= 11 is 0. The van der Waals surface area contributed by atoms with E-state index in [-0.39, 0.29) is 5.56 Å². The molecule has 0 atom stereocenters. The Hall–Kier alpha value is -2.15. The zero-order valence-corrected chi connectivity index (χ0v) is 10.6. The summed E-state index contributed by atoms with van der Waals surface area (Å²) in [4.78, 5) is 17.7. The van der Waals surface area contributed by atoms with E-state index in [2.05, 4.69) is 20.3 Å². The third kappa shape index (κ3) is 1.91. The first-order chi connectivity index (χ1) is 9.18. The molecule has 7 nitrogen and oxygen atoms in total. The Morgan fingerprint density at radius 3 is 2.79 bits per heavy atom. The lowest BCUT2D eigenvalue weighted by molar-refractivity contribution is 0.0697. The highest BCUT2D eigenvalue weighted by Crippen LogP contribution is 2.29. The summed E-state index contributed by atoms with van der Waals surface area (Å²) in [5.41, 5.74) is 1.67. The van der Waals surface area contributed by atoms with E-state index < -0.39 is 5.97 Å². The number of carboxylic acids is 1. The van der Waals surface area contributed by atoms with Gasteiger partial charge in [-0.25, -0.2) is 9.78 Å². The summed E-state index contributed by atoms with van der Waals surface area (Å²) < 4.78 is 1.66. The number of hydrogen-bond donors (Lipinski definition) is 2. The highest BCUT2D eigenvalue weighted by molar-refractivity contribution is 6.03. The van der Waals surface area contributed by atoms with Crippen LogP contribution in [0.4, 0.5) is 5.69 Å². The highest BCUT2D eigenvalue weighted by atomic mass is 16.4. The molecule has 1 aliphatic rings. The molecule has 1 fully saturated rings. The van der Waals surface area contributed by atoms with Crippen LogP contribution in [0.5, 0.6) is 0 Å². The Balaban J connectivity index is 2.21. The number of aromatic carboxylic acids is 1. The van der Waals surface area contributed by atoms with Gasteiger partial charge in [0.25, 0.3) is 0 Å². The number of pyridine rings is 1. The second-order valence-corrected chi connectivity index (χ2v) is 4.57. The minimum atomic E-state index is -0.952. The van der Waals surface area contributed by atoms with Gasteiger partial charge in [0.05, 0.1) is 17.3 Å². The van der Waals surface area contributed by atoms with Crippen molar-refractivity contribution >= 4 is 22.7 Å². The van der Waals surface area contributed by atoms with Crippen molar-refractivity contribution in [2.24, 2.45) is 7.05 Å². The zero-order valence-electron chi connectivity index (χ0n) is 10.6. The largest absolute Gasteiger partial charge is 0.478 e. The third-order valence-electron chi connectivity index (χ3n) is 3.40. The van der Waals surface area contributed by atoms with E-state index in [0.717, 1.165) is 37.3 Å². The van der Waals surface area contributed by atoms with Crippen LogP contribution in [-0.2, 0) is 7.05 Å². The lowest BCUT2D eigenvalue weighted by atomic mass is 10.1. The average Bonchev–Trinajstić information content (AvgIpc) is 2.80. The number of aryl methyl sites for hydroxylation is 1. The van der Waals surface area contributed by atoms with E-state index in [1.54, 1.807) is 17.9 Å². The van der Waals surface area contributed by atoms with Crippen LogP contribution in [-0.4, -0.2) is 52.0 Å². The monoisotopic (exact) mass is 261 g/mol. The van der Waals surface area contributed by atoms with E-state index in [1.165, 1.54) is 6.20 Å². The number of piperazine rings is 1. The lowest BCUT2D eigenvalue weighted by Gasteiger charge is -2.30. The molecule has 1 aliphatic heterocycles. The molecule has 3 heterocycles. The maximum absolute atomic E-state index is 11.4. The van der Waals surface area contributed by atoms with Gasteiger partial charge in [-0.3, -0.25) is 4.68 Å². The fraction of sp³-hybridized carbons (Fsp3) is 0.417. The molecule has 0 aromatic carbocycles. The summed E-state index contributed by atoms with van der Waals surface area (Å²) in [6.45, 7) is 3.27. The molecule has 1 saturated heterocycles. The van der Waals surface area contributed by atoms with Crippen LogP contribution in [0.2, 0.25) is 0 Å². The number of aromatic nitrogens is 3. The summed E-state index contributed by atoms with van der Waals surface area (Å²) in [7, 11) is 1.80. The Morgan fingerprint density at radius 2 is 2.11 bits per heavy atom. The van der Waals surface area contributed by atoms with Crippen LogP contribution in [0, 0.1) is 0 Å². The fourth-order valence-electron chi connectivity index (χ4n) is 2.47. The number of hydrogen-bond acceptors (Lipinski definition) is 5. The van der Waals surface area contributed by atoms with Crippen molar-refractivity contribution in [2.45, 2.75) is 0 Å². The first-order valence-corrected chi connectivity index (χ1v) is 6.18. The third-order valence-corrected chi connectivity index (χ3v) is 3.40. The summed E-state index contributed by atoms with van der Waals surface area (Å²) in [5.74, 6) is -0.952. The molecule has 0 spiro atoms. The van der Waals surface area contributed by atoms with Crippen molar-refractivity contribution in [1.82, 2.24) is 20.1 Å². The molecule has 0 radical (unpaired) electrons. The molecule has 100 valence electrons. The van der Waals surface area contributed by atoms with Gasteiger partial charge in [0.1, 0.15) is 5.56 Å². The van der Waals surface area contributed by atoms with Gasteiger partial charge in [0, 0.05) is 39.4 Å². The number of fused-ring (bicyclic) bond motifs is 1. The first kappa shape index (κ1) is 11.9. The normalized spacial score (nSPS) is 15.9. The smallest absolute Gasteiger partial charge is 0.339 e. The number of carbonyl (C=O) groups is 1. The van der Waals surface area contributed by atoms with Crippen molar-refractivity contribution in [3.05, 3.63) is 18.0 Å². The molecular weight excluding hydrogens is 246 g/mol. The molecule has 0 bridgehead atoms. The van der Waals surface area contributed by atoms with Gasteiger partial charge in [-0.05, 0) is 0 Å². The first-order valence-electron chi connectivity index (χ1n) is 6.18. The van der Waals surface area contributed by atoms with Crippen LogP contribution in [0.25, 0.3) is 11.0 Å². The standard InChI is InChI=1S/C12H15N5O2/c1-16-11-8(7-15-16)10(9(6-14-11)12(18)19)17-4-2-13-3-5-17/h6-7,13H,2-5H2,1H3,(H,18,19). The Morgan fingerprint density at radius 1 is 1.37 bits per heavy atom. The minimum absolute atomic E-state index is 0.238. The average molecular weight is 261 g/mol. The van der Waals surface area contributed by atoms with Gasteiger partial charge >= 0.3 is 5.97 Å². The molecule has 2 aromatic heterocycles. The molecule has 0 unspecified atom stereocenters. The summed E-state index contributed by atoms with van der Waals surface area (Å²) in [6, 6.07) is 0. The molecule has 2 aromatic rings. The molecule has 0 aliphatic carbocycles. The van der Waals surface area contributed by atoms with E-state index in [9.17, 15) is 9.90 Å². The SMILES string of the molecule is Cn1ncc2c(N3CCNCC3)c(C(=O)O)cnc21. The molecule has 0 amide bonds. The molecular formula is C12H15N5O2. The molecule has 3 rings (SSSR count). The van der Waals surface area contributed by atoms with Crippen LogP contribution in [0.15, 0.2) is 12.4 Å². The van der Waals surface area contributed by atoms with Crippen molar-refractivity contribution in [1.29, 1.82) is 0 Å². The topological polar surface area (TPSA) is 83.3 Å². The zero-order chi connectivity index (χ0) is 13.4. The van der Waals surface area contributed by atoms with E-state index in [0.29, 0.717) is 5.65 Å². The van der Waals surface area contributed by atoms with Crippen molar-refractivity contribution in [3.8, 4) is 0 Å². The molecule has 7 heteroatoms. The van der Waals surface area contributed by atoms with Crippen LogP contribution in [0.1, 0.15) is 10.4 Å². The predicted octanol–water partition coefficient (Wildman–Crippen LogP) is 0.0761. The van der Waals surface area contributed by atoms with E-state index >= 15 is 0 Å². The van der Waals surface area contributed by atoms with Gasteiger partial charge in [-0.2, -0.15) is 5.10 Å². The van der Waals surface area contributed by atoms with Crippen molar-refractivity contribution < 1.29 is 9.90 Å². The van der Waals surface area contributed by atoms with Crippen molar-refractivity contribution in [2.75, 3.05) is 31.1 Å². The molecule has 0 saturated carbocycles. The second kappa shape index (κ2) is 4.51.